The molecule has 124 valence electrons. The molecule has 1 aliphatic rings. The maximum absolute atomic E-state index is 13.6. The highest BCUT2D eigenvalue weighted by molar-refractivity contribution is 8.00. The Morgan fingerprint density at radius 2 is 1.75 bits per heavy atom. The van der Waals surface area contributed by atoms with E-state index in [0.29, 0.717) is 24.5 Å². The normalized spacial score (nSPS) is 14.3. The van der Waals surface area contributed by atoms with Gasteiger partial charge in [-0.15, -0.1) is 11.8 Å². The predicted octanol–water partition coefficient (Wildman–Crippen LogP) is 3.38. The Hall–Kier alpha value is -2.34. The van der Waals surface area contributed by atoms with Gasteiger partial charge in [-0.1, -0.05) is 42.5 Å². The molecule has 6 heteroatoms. The van der Waals surface area contributed by atoms with Gasteiger partial charge >= 0.3 is 6.03 Å². The predicted molar refractivity (Wildman–Crippen MR) is 91.1 cm³/mol. The van der Waals surface area contributed by atoms with E-state index < -0.39 is 0 Å². The summed E-state index contributed by atoms with van der Waals surface area (Å²) in [6.07, 6.45) is 0. The molecule has 0 aromatic heterocycles. The fourth-order valence-electron chi connectivity index (χ4n) is 2.54. The van der Waals surface area contributed by atoms with Gasteiger partial charge in [-0.2, -0.15) is 0 Å². The third kappa shape index (κ3) is 3.76. The van der Waals surface area contributed by atoms with Crippen molar-refractivity contribution in [3.05, 3.63) is 66.0 Å². The Kier molecular flexibility index (Phi) is 5.15. The number of benzene rings is 2. The van der Waals surface area contributed by atoms with E-state index in [2.05, 4.69) is 0 Å². The molecule has 0 unspecified atom stereocenters. The molecule has 3 amide bonds. The second-order valence-corrected chi connectivity index (χ2v) is 6.47. The molecule has 1 aliphatic heterocycles. The van der Waals surface area contributed by atoms with Gasteiger partial charge in [0.1, 0.15) is 5.82 Å². The number of thioether (sulfide) groups is 1. The molecular formula is C18H17FN2O2S. The van der Waals surface area contributed by atoms with Crippen molar-refractivity contribution in [2.45, 2.75) is 11.4 Å². The lowest BCUT2D eigenvalue weighted by Gasteiger charge is -2.17. The molecule has 1 saturated heterocycles. The van der Waals surface area contributed by atoms with E-state index in [-0.39, 0.29) is 23.5 Å². The minimum Gasteiger partial charge on any atom is -0.318 e. The summed E-state index contributed by atoms with van der Waals surface area (Å²) >= 11 is 1.11. The minimum absolute atomic E-state index is 0.0475. The number of urea groups is 1. The van der Waals surface area contributed by atoms with Gasteiger partial charge in [-0.3, -0.25) is 9.69 Å². The molecule has 1 heterocycles. The smallest absolute Gasteiger partial charge is 0.318 e. The summed E-state index contributed by atoms with van der Waals surface area (Å²) in [6.45, 7) is 1.38. The number of rotatable bonds is 5. The second kappa shape index (κ2) is 7.49. The van der Waals surface area contributed by atoms with Crippen LogP contribution in [0.4, 0.5) is 9.18 Å². The van der Waals surface area contributed by atoms with E-state index in [0.717, 1.165) is 17.3 Å². The first-order valence-electron chi connectivity index (χ1n) is 7.65. The van der Waals surface area contributed by atoms with Crippen molar-refractivity contribution < 1.29 is 14.0 Å². The highest BCUT2D eigenvalue weighted by atomic mass is 32.2. The van der Waals surface area contributed by atoms with Gasteiger partial charge in [0, 0.05) is 24.5 Å². The highest BCUT2D eigenvalue weighted by Gasteiger charge is 2.32. The first-order valence-corrected chi connectivity index (χ1v) is 8.64. The Morgan fingerprint density at radius 1 is 1.04 bits per heavy atom. The fourth-order valence-corrected chi connectivity index (χ4v) is 3.36. The lowest BCUT2D eigenvalue weighted by Crippen LogP contribution is -2.37. The minimum atomic E-state index is -0.353. The van der Waals surface area contributed by atoms with Crippen LogP contribution in [0.15, 0.2) is 59.5 Å². The summed E-state index contributed by atoms with van der Waals surface area (Å²) in [4.78, 5) is 28.0. The molecule has 2 aromatic rings. The summed E-state index contributed by atoms with van der Waals surface area (Å²) in [6, 6.07) is 15.7. The number of amides is 3. The van der Waals surface area contributed by atoms with Crippen LogP contribution in [0, 0.1) is 5.82 Å². The van der Waals surface area contributed by atoms with Crippen molar-refractivity contribution in [1.82, 2.24) is 9.80 Å². The zero-order valence-electron chi connectivity index (χ0n) is 13.0. The second-order valence-electron chi connectivity index (χ2n) is 5.45. The first-order chi connectivity index (χ1) is 11.6. The number of hydrogen-bond acceptors (Lipinski definition) is 3. The van der Waals surface area contributed by atoms with E-state index in [1.807, 2.05) is 30.3 Å². The van der Waals surface area contributed by atoms with E-state index >= 15 is 0 Å². The molecule has 0 radical (unpaired) electrons. The Morgan fingerprint density at radius 3 is 2.50 bits per heavy atom. The summed E-state index contributed by atoms with van der Waals surface area (Å²) in [5, 5.41) is 0. The first kappa shape index (κ1) is 16.5. The monoisotopic (exact) mass is 344 g/mol. The van der Waals surface area contributed by atoms with Crippen molar-refractivity contribution in [1.29, 1.82) is 0 Å². The molecule has 0 bridgehead atoms. The molecule has 4 nitrogen and oxygen atoms in total. The standard InChI is InChI=1S/C18H17FN2O2S/c19-15-8-4-5-9-16(15)24-13-17(22)21-11-10-20(18(21)23)12-14-6-2-1-3-7-14/h1-9H,10-13H2. The summed E-state index contributed by atoms with van der Waals surface area (Å²) in [7, 11) is 0. The average Bonchev–Trinajstić information content (AvgIpc) is 2.96. The third-order valence-corrected chi connectivity index (χ3v) is 4.83. The Balaban J connectivity index is 1.56. The molecular weight excluding hydrogens is 327 g/mol. The largest absolute Gasteiger partial charge is 0.327 e. The number of nitrogens with zero attached hydrogens (tertiary/aromatic N) is 2. The molecule has 2 aromatic carbocycles. The zero-order chi connectivity index (χ0) is 16.9. The Labute approximate surface area is 144 Å². The quantitative estimate of drug-likeness (QED) is 0.781. The van der Waals surface area contributed by atoms with Gasteiger partial charge in [0.2, 0.25) is 5.91 Å². The van der Waals surface area contributed by atoms with Crippen LogP contribution in [-0.4, -0.2) is 40.6 Å². The van der Waals surface area contributed by atoms with Crippen LogP contribution in [0.1, 0.15) is 5.56 Å². The van der Waals surface area contributed by atoms with Gasteiger partial charge in [-0.05, 0) is 17.7 Å². The van der Waals surface area contributed by atoms with Gasteiger partial charge in [0.25, 0.3) is 0 Å². The van der Waals surface area contributed by atoms with Crippen LogP contribution >= 0.6 is 11.8 Å². The van der Waals surface area contributed by atoms with E-state index in [9.17, 15) is 14.0 Å². The number of carbonyl (C=O) groups is 2. The maximum Gasteiger partial charge on any atom is 0.327 e. The summed E-state index contributed by atoms with van der Waals surface area (Å²) < 4.78 is 13.6. The number of halogens is 1. The van der Waals surface area contributed by atoms with Crippen molar-refractivity contribution in [2.24, 2.45) is 0 Å². The van der Waals surface area contributed by atoms with Crippen LogP contribution in [0.2, 0.25) is 0 Å². The zero-order valence-corrected chi connectivity index (χ0v) is 13.8. The van der Waals surface area contributed by atoms with E-state index in [4.69, 9.17) is 0 Å². The van der Waals surface area contributed by atoms with Gasteiger partial charge < -0.3 is 4.90 Å². The van der Waals surface area contributed by atoms with E-state index in [1.165, 1.54) is 11.0 Å². The fraction of sp³-hybridized carbons (Fsp3) is 0.222. The van der Waals surface area contributed by atoms with Gasteiger partial charge in [0.05, 0.1) is 5.75 Å². The summed E-state index contributed by atoms with van der Waals surface area (Å²) in [5.41, 5.74) is 1.03. The molecule has 1 fully saturated rings. The van der Waals surface area contributed by atoms with Crippen molar-refractivity contribution in [3.8, 4) is 0 Å². The molecule has 0 saturated carbocycles. The summed E-state index contributed by atoms with van der Waals surface area (Å²) in [5.74, 6) is -0.594. The van der Waals surface area contributed by atoms with Crippen LogP contribution in [0.3, 0.4) is 0 Å². The van der Waals surface area contributed by atoms with E-state index in [1.54, 1.807) is 23.1 Å². The third-order valence-electron chi connectivity index (χ3n) is 3.80. The molecule has 0 aliphatic carbocycles. The van der Waals surface area contributed by atoms with Crippen molar-refractivity contribution in [2.75, 3.05) is 18.8 Å². The van der Waals surface area contributed by atoms with Crippen LogP contribution in [0.25, 0.3) is 0 Å². The van der Waals surface area contributed by atoms with Crippen molar-refractivity contribution in [3.63, 3.8) is 0 Å². The maximum atomic E-state index is 13.6. The Bertz CT molecular complexity index is 739. The number of carbonyl (C=O) groups excluding carboxylic acids is 2. The van der Waals surface area contributed by atoms with Crippen molar-refractivity contribution >= 4 is 23.7 Å². The number of hydrogen-bond donors (Lipinski definition) is 0. The van der Waals surface area contributed by atoms with Crippen LogP contribution in [0.5, 0.6) is 0 Å². The van der Waals surface area contributed by atoms with Crippen LogP contribution in [-0.2, 0) is 11.3 Å². The molecule has 0 N–H and O–H groups in total. The highest BCUT2D eigenvalue weighted by Crippen LogP contribution is 2.22. The number of imide groups is 1. The van der Waals surface area contributed by atoms with Gasteiger partial charge in [0.15, 0.2) is 0 Å². The van der Waals surface area contributed by atoms with Crippen LogP contribution < -0.4 is 0 Å². The average molecular weight is 344 g/mol. The SMILES string of the molecule is O=C(CSc1ccccc1F)N1CCN(Cc2ccccc2)C1=O. The molecule has 24 heavy (non-hydrogen) atoms. The van der Waals surface area contributed by atoms with Gasteiger partial charge in [-0.25, -0.2) is 9.18 Å². The molecule has 3 rings (SSSR count). The lowest BCUT2D eigenvalue weighted by molar-refractivity contribution is -0.124. The topological polar surface area (TPSA) is 40.6 Å². The molecule has 0 atom stereocenters. The lowest BCUT2D eigenvalue weighted by atomic mass is 10.2. The molecule has 0 spiro atoms.